The van der Waals surface area contributed by atoms with Crippen LogP contribution in [-0.4, -0.2) is 37.3 Å². The lowest BCUT2D eigenvalue weighted by Gasteiger charge is -2.15. The molecule has 0 bridgehead atoms. The van der Waals surface area contributed by atoms with Crippen molar-refractivity contribution in [2.75, 3.05) is 6.67 Å². The van der Waals surface area contributed by atoms with E-state index in [1.165, 1.54) is 0 Å². The van der Waals surface area contributed by atoms with Gasteiger partial charge in [-0.1, -0.05) is 0 Å². The summed E-state index contributed by atoms with van der Waals surface area (Å²) in [6.07, 6.45) is -0.237. The van der Waals surface area contributed by atoms with Gasteiger partial charge in [-0.25, -0.2) is 8.42 Å². The number of rotatable bonds is 3. The van der Waals surface area contributed by atoms with Crippen LogP contribution in [0.2, 0.25) is 0 Å². The van der Waals surface area contributed by atoms with Crippen LogP contribution in [-0.2, 0) is 19.6 Å². The highest BCUT2D eigenvalue weighted by Gasteiger charge is 2.46. The maximum atomic E-state index is 11.9. The molecule has 0 aromatic heterocycles. The number of imide groups is 1. The van der Waals surface area contributed by atoms with E-state index in [1.54, 1.807) is 0 Å². The number of sulfonamides is 1. The second-order valence-electron chi connectivity index (χ2n) is 2.97. The Labute approximate surface area is 88.4 Å². The number of likely N-dealkylation sites (tertiary alicyclic amines) is 1. The van der Waals surface area contributed by atoms with E-state index in [0.717, 1.165) is 4.72 Å². The first-order chi connectivity index (χ1) is 7.15. The van der Waals surface area contributed by atoms with Gasteiger partial charge in [0.2, 0.25) is 11.8 Å². The van der Waals surface area contributed by atoms with Crippen molar-refractivity contribution in [2.45, 2.75) is 18.3 Å². The van der Waals surface area contributed by atoms with Crippen LogP contribution >= 0.6 is 0 Å². The minimum absolute atomic E-state index is 0.118. The fourth-order valence-electron chi connectivity index (χ4n) is 1.03. The van der Waals surface area contributed by atoms with Crippen LogP contribution in [0.5, 0.6) is 0 Å². The molecule has 1 fully saturated rings. The molecule has 0 radical (unpaired) electrons. The van der Waals surface area contributed by atoms with Crippen molar-refractivity contribution in [1.29, 1.82) is 0 Å². The Hall–Kier alpha value is -1.16. The highest BCUT2D eigenvalue weighted by molar-refractivity contribution is 7.90. The van der Waals surface area contributed by atoms with Gasteiger partial charge >= 0.3 is 15.5 Å². The number of alkyl halides is 3. The van der Waals surface area contributed by atoms with Crippen LogP contribution < -0.4 is 4.72 Å². The van der Waals surface area contributed by atoms with E-state index in [-0.39, 0.29) is 12.8 Å². The molecular weight excluding hydrogens is 253 g/mol. The number of carbonyl (C=O) groups is 2. The summed E-state index contributed by atoms with van der Waals surface area (Å²) in [5.41, 5.74) is -5.46. The molecule has 1 N–H and O–H groups in total. The average Bonchev–Trinajstić information content (AvgIpc) is 2.42. The van der Waals surface area contributed by atoms with Crippen LogP contribution in [0.4, 0.5) is 13.2 Å². The van der Waals surface area contributed by atoms with Crippen molar-refractivity contribution < 1.29 is 31.2 Å². The summed E-state index contributed by atoms with van der Waals surface area (Å²) in [5.74, 6) is -1.40. The minimum atomic E-state index is -5.53. The summed E-state index contributed by atoms with van der Waals surface area (Å²) in [6, 6.07) is 0. The third-order valence-electron chi connectivity index (χ3n) is 1.87. The van der Waals surface area contributed by atoms with E-state index in [4.69, 9.17) is 0 Å². The standard InChI is InChI=1S/C6H7F3N2O4S/c7-6(8,9)16(14,15)10-3-11-4(12)1-2-5(11)13/h10H,1-3H2. The van der Waals surface area contributed by atoms with Crippen molar-refractivity contribution in [1.82, 2.24) is 9.62 Å². The zero-order valence-electron chi connectivity index (χ0n) is 7.74. The van der Waals surface area contributed by atoms with E-state index in [2.05, 4.69) is 0 Å². The molecule has 0 spiro atoms. The summed E-state index contributed by atoms with van der Waals surface area (Å²) in [7, 11) is -5.53. The number of halogens is 3. The SMILES string of the molecule is O=C1CCC(=O)N1CNS(=O)(=O)C(F)(F)F. The minimum Gasteiger partial charge on any atom is -0.274 e. The van der Waals surface area contributed by atoms with Crippen LogP contribution in [0.25, 0.3) is 0 Å². The van der Waals surface area contributed by atoms with Gasteiger partial charge in [0.1, 0.15) is 0 Å². The van der Waals surface area contributed by atoms with Crippen molar-refractivity contribution in [3.8, 4) is 0 Å². The lowest BCUT2D eigenvalue weighted by Crippen LogP contribution is -2.45. The van der Waals surface area contributed by atoms with Gasteiger partial charge in [-0.05, 0) is 0 Å². The smallest absolute Gasteiger partial charge is 0.274 e. The van der Waals surface area contributed by atoms with Crippen molar-refractivity contribution in [2.24, 2.45) is 0 Å². The molecule has 2 amide bonds. The molecule has 10 heteroatoms. The van der Waals surface area contributed by atoms with Gasteiger partial charge in [0.25, 0.3) is 0 Å². The molecule has 1 saturated heterocycles. The molecule has 16 heavy (non-hydrogen) atoms. The average molecular weight is 260 g/mol. The Morgan fingerprint density at radius 2 is 1.62 bits per heavy atom. The molecule has 0 aromatic carbocycles. The Morgan fingerprint density at radius 1 is 1.19 bits per heavy atom. The highest BCUT2D eigenvalue weighted by atomic mass is 32.2. The number of nitrogens with one attached hydrogen (secondary N) is 1. The third-order valence-corrected chi connectivity index (χ3v) is 2.99. The summed E-state index contributed by atoms with van der Waals surface area (Å²) in [5, 5.41) is 0. The van der Waals surface area contributed by atoms with Crippen molar-refractivity contribution >= 4 is 21.8 Å². The number of hydrogen-bond acceptors (Lipinski definition) is 4. The summed E-state index contributed by atoms with van der Waals surface area (Å²) >= 11 is 0. The van der Waals surface area contributed by atoms with Crippen LogP contribution in [0.3, 0.4) is 0 Å². The topological polar surface area (TPSA) is 83.6 Å². The predicted octanol–water partition coefficient (Wildman–Crippen LogP) is -0.468. The van der Waals surface area contributed by atoms with E-state index in [1.807, 2.05) is 0 Å². The van der Waals surface area contributed by atoms with Crippen molar-refractivity contribution in [3.63, 3.8) is 0 Å². The summed E-state index contributed by atoms with van der Waals surface area (Å²) in [6.45, 7) is -0.987. The van der Waals surface area contributed by atoms with Crippen LogP contribution in [0.15, 0.2) is 0 Å². The first-order valence-corrected chi connectivity index (χ1v) is 5.52. The zero-order chi connectivity index (χ0) is 12.6. The van der Waals surface area contributed by atoms with E-state index >= 15 is 0 Å². The van der Waals surface area contributed by atoms with Gasteiger partial charge in [-0.15, -0.1) is 0 Å². The van der Waals surface area contributed by atoms with E-state index in [9.17, 15) is 31.2 Å². The largest absolute Gasteiger partial charge is 0.511 e. The second-order valence-corrected chi connectivity index (χ2v) is 4.73. The lowest BCUT2D eigenvalue weighted by molar-refractivity contribution is -0.138. The fourth-order valence-corrected chi connectivity index (χ4v) is 1.49. The molecule has 92 valence electrons. The van der Waals surface area contributed by atoms with Crippen molar-refractivity contribution in [3.05, 3.63) is 0 Å². The van der Waals surface area contributed by atoms with Gasteiger partial charge in [0.15, 0.2) is 0 Å². The highest BCUT2D eigenvalue weighted by Crippen LogP contribution is 2.21. The number of nitrogens with zero attached hydrogens (tertiary/aromatic N) is 1. The predicted molar refractivity (Wildman–Crippen MR) is 44.1 cm³/mol. The molecule has 1 heterocycles. The Kier molecular flexibility index (Phi) is 3.24. The Balaban J connectivity index is 2.65. The molecule has 0 unspecified atom stereocenters. The van der Waals surface area contributed by atoms with E-state index in [0.29, 0.717) is 4.90 Å². The molecular formula is C6H7F3N2O4S. The van der Waals surface area contributed by atoms with Gasteiger partial charge < -0.3 is 0 Å². The van der Waals surface area contributed by atoms with Gasteiger partial charge in [-0.3, -0.25) is 14.5 Å². The first-order valence-electron chi connectivity index (χ1n) is 4.04. The summed E-state index contributed by atoms with van der Waals surface area (Å²) in [4.78, 5) is 22.3. The second kappa shape index (κ2) is 4.01. The monoisotopic (exact) mass is 260 g/mol. The summed E-state index contributed by atoms with van der Waals surface area (Å²) < 4.78 is 57.8. The van der Waals surface area contributed by atoms with Gasteiger partial charge in [0, 0.05) is 12.8 Å². The third kappa shape index (κ3) is 2.50. The molecule has 0 atom stereocenters. The van der Waals surface area contributed by atoms with E-state index < -0.39 is 34.0 Å². The van der Waals surface area contributed by atoms with Gasteiger partial charge in [0.05, 0.1) is 6.67 Å². The normalized spacial score (nSPS) is 18.3. The molecule has 6 nitrogen and oxygen atoms in total. The number of carbonyl (C=O) groups excluding carboxylic acids is 2. The van der Waals surface area contributed by atoms with Crippen LogP contribution in [0.1, 0.15) is 12.8 Å². The molecule has 0 saturated carbocycles. The zero-order valence-corrected chi connectivity index (χ0v) is 8.56. The number of amides is 2. The quantitative estimate of drug-likeness (QED) is 0.695. The van der Waals surface area contributed by atoms with Gasteiger partial charge in [-0.2, -0.15) is 17.9 Å². The fraction of sp³-hybridized carbons (Fsp3) is 0.667. The Bertz CT molecular complexity index is 400. The Morgan fingerprint density at radius 3 is 2.00 bits per heavy atom. The molecule has 0 aromatic rings. The number of hydrogen-bond donors (Lipinski definition) is 1. The maximum Gasteiger partial charge on any atom is 0.511 e. The lowest BCUT2D eigenvalue weighted by atomic mass is 10.4. The molecule has 0 aliphatic carbocycles. The molecule has 1 aliphatic rings. The van der Waals surface area contributed by atoms with Crippen LogP contribution in [0, 0.1) is 0 Å². The maximum absolute atomic E-state index is 11.9. The first kappa shape index (κ1) is 12.9. The molecule has 1 aliphatic heterocycles. The molecule has 1 rings (SSSR count).